The third-order valence-corrected chi connectivity index (χ3v) is 5.07. The smallest absolute Gasteiger partial charge is 0.226 e. The Morgan fingerprint density at radius 1 is 1.45 bits per heavy atom. The largest absolute Gasteiger partial charge is 0.345 e. The zero-order valence-corrected chi connectivity index (χ0v) is 12.9. The minimum atomic E-state index is 0.132. The molecule has 0 spiro atoms. The second kappa shape index (κ2) is 5.40. The topological polar surface area (TPSA) is 20.3 Å². The van der Waals surface area contributed by atoms with Gasteiger partial charge in [0.15, 0.2) is 0 Å². The summed E-state index contributed by atoms with van der Waals surface area (Å²) in [5, 5.41) is 0.132. The Bertz CT molecular complexity index is 513. The van der Waals surface area contributed by atoms with Crippen molar-refractivity contribution >= 4 is 17.5 Å². The summed E-state index contributed by atoms with van der Waals surface area (Å²) in [5.74, 6) is 1.58. The minimum Gasteiger partial charge on any atom is -0.345 e. The van der Waals surface area contributed by atoms with Gasteiger partial charge in [0.05, 0.1) is 0 Å². The first-order valence-electron chi connectivity index (χ1n) is 7.56. The van der Waals surface area contributed by atoms with Crippen molar-refractivity contribution in [2.45, 2.75) is 37.5 Å². The number of alkyl halides is 1. The average molecular weight is 292 g/mol. The molecule has 2 aliphatic rings. The van der Waals surface area contributed by atoms with Gasteiger partial charge in [0.2, 0.25) is 5.91 Å². The highest BCUT2D eigenvalue weighted by molar-refractivity contribution is 6.20. The highest BCUT2D eigenvalue weighted by Crippen LogP contribution is 2.60. The van der Waals surface area contributed by atoms with Gasteiger partial charge in [0.1, 0.15) is 0 Å². The maximum Gasteiger partial charge on any atom is 0.226 e. The van der Waals surface area contributed by atoms with Crippen LogP contribution in [0.15, 0.2) is 24.3 Å². The first-order chi connectivity index (χ1) is 9.59. The maximum atomic E-state index is 12.6. The molecule has 0 aliphatic heterocycles. The molecule has 4 unspecified atom stereocenters. The molecule has 2 nitrogen and oxygen atoms in total. The summed E-state index contributed by atoms with van der Waals surface area (Å²) in [6, 6.07) is 8.62. The summed E-state index contributed by atoms with van der Waals surface area (Å²) in [5.41, 5.74) is 2.86. The monoisotopic (exact) mass is 291 g/mol. The zero-order chi connectivity index (χ0) is 14.3. The Kier molecular flexibility index (Phi) is 3.76. The van der Waals surface area contributed by atoms with Crippen molar-refractivity contribution in [2.75, 3.05) is 13.6 Å². The molecule has 1 aromatic rings. The van der Waals surface area contributed by atoms with E-state index in [0.717, 1.165) is 25.8 Å². The van der Waals surface area contributed by atoms with E-state index in [1.54, 1.807) is 0 Å². The molecule has 1 amide bonds. The lowest BCUT2D eigenvalue weighted by atomic mass is 9.92. The van der Waals surface area contributed by atoms with Gasteiger partial charge in [0, 0.05) is 24.9 Å². The lowest BCUT2D eigenvalue weighted by molar-refractivity contribution is -0.131. The highest BCUT2D eigenvalue weighted by atomic mass is 35.5. The molecule has 108 valence electrons. The molecular formula is C17H22ClNO. The summed E-state index contributed by atoms with van der Waals surface area (Å²) in [4.78, 5) is 14.5. The van der Waals surface area contributed by atoms with E-state index in [0.29, 0.717) is 17.7 Å². The second-order valence-corrected chi connectivity index (χ2v) is 7.03. The average Bonchev–Trinajstić information content (AvgIpc) is 3.18. The van der Waals surface area contributed by atoms with E-state index in [9.17, 15) is 4.79 Å². The van der Waals surface area contributed by atoms with Crippen molar-refractivity contribution in [1.82, 2.24) is 4.90 Å². The van der Waals surface area contributed by atoms with Gasteiger partial charge < -0.3 is 4.90 Å². The van der Waals surface area contributed by atoms with Crippen LogP contribution in [0.3, 0.4) is 0 Å². The maximum absolute atomic E-state index is 12.6. The molecule has 2 aliphatic carbocycles. The Labute approximate surface area is 126 Å². The van der Waals surface area contributed by atoms with Gasteiger partial charge in [-0.2, -0.15) is 0 Å². The summed E-state index contributed by atoms with van der Waals surface area (Å²) in [7, 11) is 1.91. The van der Waals surface area contributed by atoms with Crippen molar-refractivity contribution < 1.29 is 4.79 Å². The number of hydrogen-bond acceptors (Lipinski definition) is 1. The van der Waals surface area contributed by atoms with Crippen molar-refractivity contribution in [3.63, 3.8) is 0 Å². The fourth-order valence-electron chi connectivity index (χ4n) is 3.64. The van der Waals surface area contributed by atoms with E-state index in [1.165, 1.54) is 11.1 Å². The summed E-state index contributed by atoms with van der Waals surface area (Å²) < 4.78 is 0. The predicted octanol–water partition coefficient (Wildman–Crippen LogP) is 3.44. The quantitative estimate of drug-likeness (QED) is 0.778. The molecule has 1 saturated carbocycles. The highest BCUT2D eigenvalue weighted by Gasteiger charge is 2.57. The first-order valence-corrected chi connectivity index (χ1v) is 8.00. The number of carbonyl (C=O) groups is 1. The van der Waals surface area contributed by atoms with Crippen LogP contribution in [0.4, 0.5) is 0 Å². The molecule has 0 bridgehead atoms. The van der Waals surface area contributed by atoms with Crippen LogP contribution in [0.1, 0.15) is 36.8 Å². The normalized spacial score (nSPS) is 28.2. The number of carbonyl (C=O) groups excluding carboxylic acids is 1. The fourth-order valence-corrected chi connectivity index (χ4v) is 3.74. The van der Waals surface area contributed by atoms with Crippen molar-refractivity contribution in [3.05, 3.63) is 35.4 Å². The zero-order valence-electron chi connectivity index (χ0n) is 12.2. The van der Waals surface area contributed by atoms with Gasteiger partial charge in [-0.05, 0) is 49.1 Å². The van der Waals surface area contributed by atoms with E-state index >= 15 is 0 Å². The summed E-state index contributed by atoms with van der Waals surface area (Å²) in [6.45, 7) is 2.74. The minimum absolute atomic E-state index is 0.132. The molecule has 0 saturated heterocycles. The van der Waals surface area contributed by atoms with E-state index in [2.05, 4.69) is 24.3 Å². The van der Waals surface area contributed by atoms with Gasteiger partial charge >= 0.3 is 0 Å². The van der Waals surface area contributed by atoms with E-state index in [4.69, 9.17) is 11.6 Å². The Morgan fingerprint density at radius 2 is 2.20 bits per heavy atom. The standard InChI is InChI=1S/C17H22ClNO/c1-11(18)9-10-19(2)17(20)16-14-8-7-12-5-3-4-6-13(12)15(14)16/h3-6,11,14-16H,7-10H2,1-2H3. The lowest BCUT2D eigenvalue weighted by Gasteiger charge is -2.18. The van der Waals surface area contributed by atoms with Crippen molar-refractivity contribution in [3.8, 4) is 0 Å². The van der Waals surface area contributed by atoms with Crippen molar-refractivity contribution in [1.29, 1.82) is 0 Å². The Hall–Kier alpha value is -1.02. The number of aryl methyl sites for hydroxylation is 1. The molecule has 1 aromatic carbocycles. The van der Waals surface area contributed by atoms with E-state index < -0.39 is 0 Å². The molecule has 1 fully saturated rings. The molecule has 3 rings (SSSR count). The predicted molar refractivity (Wildman–Crippen MR) is 82.1 cm³/mol. The number of hydrogen-bond donors (Lipinski definition) is 0. The first kappa shape index (κ1) is 13.9. The number of fused-ring (bicyclic) bond motifs is 3. The second-order valence-electron chi connectivity index (χ2n) is 6.28. The molecule has 20 heavy (non-hydrogen) atoms. The van der Waals surface area contributed by atoms with Gasteiger partial charge in [-0.1, -0.05) is 24.3 Å². The number of benzene rings is 1. The third kappa shape index (κ3) is 2.46. The van der Waals surface area contributed by atoms with Gasteiger partial charge in [-0.3, -0.25) is 4.79 Å². The number of rotatable bonds is 4. The molecule has 0 radical (unpaired) electrons. The van der Waals surface area contributed by atoms with Gasteiger partial charge in [-0.25, -0.2) is 0 Å². The molecular weight excluding hydrogens is 270 g/mol. The number of amides is 1. The van der Waals surface area contributed by atoms with Gasteiger partial charge in [0.25, 0.3) is 0 Å². The van der Waals surface area contributed by atoms with Crippen LogP contribution < -0.4 is 0 Å². The number of nitrogens with zero attached hydrogens (tertiary/aromatic N) is 1. The molecule has 0 aromatic heterocycles. The Balaban J connectivity index is 1.68. The van der Waals surface area contributed by atoms with Crippen molar-refractivity contribution in [2.24, 2.45) is 11.8 Å². The third-order valence-electron chi connectivity index (χ3n) is 4.85. The van der Waals surface area contributed by atoms with E-state index in [-0.39, 0.29) is 11.3 Å². The molecule has 3 heteroatoms. The van der Waals surface area contributed by atoms with Gasteiger partial charge in [-0.15, -0.1) is 11.6 Å². The van der Waals surface area contributed by atoms with Crippen LogP contribution in [0, 0.1) is 11.8 Å². The summed E-state index contributed by atoms with van der Waals surface area (Å²) >= 11 is 5.97. The SMILES string of the molecule is CC(Cl)CCN(C)C(=O)C1C2CCc3ccccc3C21. The molecule has 4 atom stereocenters. The fraction of sp³-hybridized carbons (Fsp3) is 0.588. The van der Waals surface area contributed by atoms with Crippen LogP contribution in [0.5, 0.6) is 0 Å². The van der Waals surface area contributed by atoms with Crippen LogP contribution in [0.25, 0.3) is 0 Å². The van der Waals surface area contributed by atoms with E-state index in [1.807, 2.05) is 18.9 Å². The summed E-state index contributed by atoms with van der Waals surface area (Å²) in [6.07, 6.45) is 3.16. The van der Waals surface area contributed by atoms with Crippen LogP contribution >= 0.6 is 11.6 Å². The molecule has 0 N–H and O–H groups in total. The van der Waals surface area contributed by atoms with Crippen LogP contribution in [-0.4, -0.2) is 29.8 Å². The molecule has 0 heterocycles. The van der Waals surface area contributed by atoms with Crippen LogP contribution in [-0.2, 0) is 11.2 Å². The Morgan fingerprint density at radius 3 is 2.95 bits per heavy atom. The lowest BCUT2D eigenvalue weighted by Crippen LogP contribution is -2.30. The van der Waals surface area contributed by atoms with Crippen LogP contribution in [0.2, 0.25) is 0 Å². The number of halogens is 1.